The molecule has 202 valence electrons. The molecular weight excluding hydrogens is 500 g/mol. The second-order valence-corrected chi connectivity index (χ2v) is 9.49. The number of amides is 2. The highest BCUT2D eigenvalue weighted by Gasteiger charge is 2.27. The molecule has 0 aliphatic carbocycles. The molecule has 39 heavy (non-hydrogen) atoms. The van der Waals surface area contributed by atoms with E-state index in [1.54, 1.807) is 63.2 Å². The number of fused-ring (bicyclic) bond motifs is 1. The Bertz CT molecular complexity index is 1440. The molecule has 0 saturated carbocycles. The first-order chi connectivity index (χ1) is 18.4. The van der Waals surface area contributed by atoms with E-state index in [0.717, 1.165) is 0 Å². The fourth-order valence-corrected chi connectivity index (χ4v) is 3.39. The van der Waals surface area contributed by atoms with E-state index < -0.39 is 23.5 Å². The molecule has 6 N–H and O–H groups in total. The number of rotatable bonds is 9. The highest BCUT2D eigenvalue weighted by molar-refractivity contribution is 5.97. The van der Waals surface area contributed by atoms with Gasteiger partial charge in [-0.3, -0.25) is 9.59 Å². The van der Waals surface area contributed by atoms with Crippen LogP contribution < -0.4 is 22.1 Å². The van der Waals surface area contributed by atoms with E-state index in [1.807, 2.05) is 0 Å². The van der Waals surface area contributed by atoms with Gasteiger partial charge in [-0.2, -0.15) is 15.2 Å². The van der Waals surface area contributed by atoms with Gasteiger partial charge < -0.3 is 26.8 Å². The number of hydrogen-bond acceptors (Lipinski definition) is 10. The smallest absolute Gasteiger partial charge is 0.329 e. The summed E-state index contributed by atoms with van der Waals surface area (Å²) in [6.45, 7) is 5.22. The molecule has 1 atom stereocenters. The summed E-state index contributed by atoms with van der Waals surface area (Å²) in [5.74, 6) is 1.14. The number of benzene rings is 2. The maximum atomic E-state index is 12.9. The number of aromatic nitrogens is 2. The van der Waals surface area contributed by atoms with Gasteiger partial charge >= 0.3 is 5.97 Å². The normalized spacial score (nSPS) is 12.1. The van der Waals surface area contributed by atoms with Crippen molar-refractivity contribution < 1.29 is 19.1 Å². The number of carbonyl (C=O) groups is 3. The number of carbonyl (C=O) groups excluding carboxylic acids is 3. The van der Waals surface area contributed by atoms with E-state index in [0.29, 0.717) is 22.3 Å². The molecule has 0 fully saturated rings. The van der Waals surface area contributed by atoms with Gasteiger partial charge in [0.2, 0.25) is 11.9 Å². The van der Waals surface area contributed by atoms with Crippen LogP contribution in [0, 0.1) is 12.3 Å². The van der Waals surface area contributed by atoms with Crippen LogP contribution in [0.1, 0.15) is 44.0 Å². The molecule has 12 nitrogen and oxygen atoms in total. The van der Waals surface area contributed by atoms with Crippen LogP contribution in [0.25, 0.3) is 10.9 Å². The SMILES string of the molecule is C#CCNC(=O)CC[C@H](NC(=O)c1ccc(N=Nc2ccc3nc(N)nc(N)c3c2)cc1)C(=O)OC(C)(C)C. The number of nitrogen functional groups attached to an aromatic ring is 2. The average molecular weight is 531 g/mol. The predicted molar refractivity (Wildman–Crippen MR) is 147 cm³/mol. The van der Waals surface area contributed by atoms with E-state index >= 15 is 0 Å². The molecule has 0 spiro atoms. The van der Waals surface area contributed by atoms with E-state index in [1.165, 1.54) is 0 Å². The summed E-state index contributed by atoms with van der Waals surface area (Å²) in [4.78, 5) is 45.6. The number of terminal acetylenes is 1. The van der Waals surface area contributed by atoms with Crippen molar-refractivity contribution in [3.8, 4) is 12.3 Å². The van der Waals surface area contributed by atoms with Gasteiger partial charge in [-0.15, -0.1) is 6.42 Å². The molecule has 1 heterocycles. The number of esters is 1. The molecule has 0 unspecified atom stereocenters. The van der Waals surface area contributed by atoms with Gasteiger partial charge in [-0.05, 0) is 69.7 Å². The second-order valence-electron chi connectivity index (χ2n) is 9.49. The Hall–Kier alpha value is -5.05. The number of nitrogens with zero attached hydrogens (tertiary/aromatic N) is 4. The van der Waals surface area contributed by atoms with Crippen LogP contribution in [0.15, 0.2) is 52.7 Å². The van der Waals surface area contributed by atoms with Gasteiger partial charge in [0.1, 0.15) is 17.5 Å². The molecule has 0 aliphatic rings. The fourth-order valence-electron chi connectivity index (χ4n) is 3.39. The molecule has 0 bridgehead atoms. The fraction of sp³-hybridized carbons (Fsp3) is 0.296. The van der Waals surface area contributed by atoms with E-state index in [4.69, 9.17) is 22.6 Å². The lowest BCUT2D eigenvalue weighted by Crippen LogP contribution is -2.44. The first-order valence-electron chi connectivity index (χ1n) is 12.0. The zero-order valence-electron chi connectivity index (χ0n) is 21.9. The summed E-state index contributed by atoms with van der Waals surface area (Å²) >= 11 is 0. The van der Waals surface area contributed by atoms with Crippen molar-refractivity contribution in [1.82, 2.24) is 20.6 Å². The highest BCUT2D eigenvalue weighted by Crippen LogP contribution is 2.26. The second kappa shape index (κ2) is 12.5. The Morgan fingerprint density at radius 1 is 1.05 bits per heavy atom. The summed E-state index contributed by atoms with van der Waals surface area (Å²) in [6.07, 6.45) is 5.16. The summed E-state index contributed by atoms with van der Waals surface area (Å²) in [5, 5.41) is 14.2. The first-order valence-corrected chi connectivity index (χ1v) is 12.0. The molecule has 0 saturated heterocycles. The first kappa shape index (κ1) is 28.5. The highest BCUT2D eigenvalue weighted by atomic mass is 16.6. The quantitative estimate of drug-likeness (QED) is 0.184. The number of anilines is 2. The standard InChI is InChI=1S/C27H30N8O4/c1-5-14-30-22(36)13-12-21(25(38)39-27(2,3)4)31-24(37)16-6-8-17(9-7-16)34-35-18-10-11-20-19(15-18)23(28)33-26(29)32-20/h1,6-11,15,21H,12-14H2,2-4H3,(H,30,36)(H,31,37)(H4,28,29,32,33)/t21-/m0/s1. The Labute approximate surface area is 225 Å². The lowest BCUT2D eigenvalue weighted by atomic mass is 10.1. The van der Waals surface area contributed by atoms with E-state index in [9.17, 15) is 14.4 Å². The minimum atomic E-state index is -1.03. The minimum Gasteiger partial charge on any atom is -0.458 e. The number of azo groups is 1. The average Bonchev–Trinajstić information content (AvgIpc) is 2.87. The lowest BCUT2D eigenvalue weighted by Gasteiger charge is -2.24. The number of hydrogen-bond donors (Lipinski definition) is 4. The number of ether oxygens (including phenoxy) is 1. The molecule has 12 heteroatoms. The van der Waals surface area contributed by atoms with Gasteiger partial charge in [0.25, 0.3) is 5.91 Å². The van der Waals surface area contributed by atoms with E-state index in [-0.39, 0.29) is 42.6 Å². The number of nitrogens with one attached hydrogen (secondary N) is 2. The third-order valence-electron chi connectivity index (χ3n) is 5.18. The van der Waals surface area contributed by atoms with E-state index in [2.05, 4.69) is 36.8 Å². The Balaban J connectivity index is 1.68. The third kappa shape index (κ3) is 8.50. The lowest BCUT2D eigenvalue weighted by molar-refractivity contribution is -0.157. The van der Waals surface area contributed by atoms with Gasteiger partial charge in [-0.1, -0.05) is 5.92 Å². The molecule has 2 amide bonds. The zero-order valence-corrected chi connectivity index (χ0v) is 21.9. The Morgan fingerprint density at radius 3 is 2.38 bits per heavy atom. The van der Waals surface area contributed by atoms with Gasteiger partial charge in [0, 0.05) is 17.4 Å². The van der Waals surface area contributed by atoms with Crippen molar-refractivity contribution in [2.45, 2.75) is 45.3 Å². The van der Waals surface area contributed by atoms with Crippen LogP contribution in [0.4, 0.5) is 23.1 Å². The summed E-state index contributed by atoms with van der Waals surface area (Å²) in [5.41, 5.74) is 12.7. The van der Waals surface area contributed by atoms with Crippen LogP contribution in [-0.2, 0) is 14.3 Å². The van der Waals surface area contributed by atoms with Crippen LogP contribution in [0.5, 0.6) is 0 Å². The Morgan fingerprint density at radius 2 is 1.72 bits per heavy atom. The predicted octanol–water partition coefficient (Wildman–Crippen LogP) is 3.18. The minimum absolute atomic E-state index is 0.0227. The molecule has 0 aliphatic heterocycles. The summed E-state index contributed by atoms with van der Waals surface area (Å²) < 4.78 is 5.42. The molecule has 1 aromatic heterocycles. The monoisotopic (exact) mass is 530 g/mol. The topological polar surface area (TPSA) is 187 Å². The van der Waals surface area contributed by atoms with Crippen LogP contribution >= 0.6 is 0 Å². The Kier molecular flexibility index (Phi) is 9.11. The molecule has 3 aromatic rings. The van der Waals surface area contributed by atoms with Crippen molar-refractivity contribution >= 4 is 51.8 Å². The van der Waals surface area contributed by atoms with Crippen molar-refractivity contribution in [3.63, 3.8) is 0 Å². The molecule has 2 aromatic carbocycles. The van der Waals surface area contributed by atoms with Gasteiger partial charge in [-0.25, -0.2) is 9.78 Å². The maximum Gasteiger partial charge on any atom is 0.329 e. The summed E-state index contributed by atoms with van der Waals surface area (Å²) in [6, 6.07) is 10.4. The number of nitrogens with two attached hydrogens (primary N) is 2. The largest absolute Gasteiger partial charge is 0.458 e. The van der Waals surface area contributed by atoms with Crippen molar-refractivity contribution in [3.05, 3.63) is 48.0 Å². The van der Waals surface area contributed by atoms with Gasteiger partial charge in [0.05, 0.1) is 23.4 Å². The third-order valence-corrected chi connectivity index (χ3v) is 5.18. The molecular formula is C27H30N8O4. The van der Waals surface area contributed by atoms with Crippen molar-refractivity contribution in [2.75, 3.05) is 18.0 Å². The van der Waals surface area contributed by atoms with Crippen molar-refractivity contribution in [1.29, 1.82) is 0 Å². The molecule has 0 radical (unpaired) electrons. The van der Waals surface area contributed by atoms with Crippen molar-refractivity contribution in [2.24, 2.45) is 10.2 Å². The maximum absolute atomic E-state index is 12.9. The van der Waals surface area contributed by atoms with Crippen LogP contribution in [0.2, 0.25) is 0 Å². The van der Waals surface area contributed by atoms with Crippen LogP contribution in [-0.4, -0.2) is 45.9 Å². The van der Waals surface area contributed by atoms with Gasteiger partial charge in [0.15, 0.2) is 0 Å². The zero-order chi connectivity index (χ0) is 28.6. The summed E-state index contributed by atoms with van der Waals surface area (Å²) in [7, 11) is 0. The molecule has 3 rings (SSSR count). The van der Waals surface area contributed by atoms with Crippen LogP contribution in [0.3, 0.4) is 0 Å².